The summed E-state index contributed by atoms with van der Waals surface area (Å²) in [4.78, 5) is 27.8. The lowest BCUT2D eigenvalue weighted by molar-refractivity contribution is 0.0929. The number of ether oxygens (including phenoxy) is 1. The molecule has 1 fully saturated rings. The summed E-state index contributed by atoms with van der Waals surface area (Å²) in [6.45, 7) is 3.74. The summed E-state index contributed by atoms with van der Waals surface area (Å²) in [5.74, 6) is -0.275. The minimum atomic E-state index is -0.146. The Hall–Kier alpha value is -3.16. The van der Waals surface area contributed by atoms with E-state index >= 15 is 0 Å². The van der Waals surface area contributed by atoms with Gasteiger partial charge in [-0.25, -0.2) is 0 Å². The average Bonchev–Trinajstić information content (AvgIpc) is 3.29. The van der Waals surface area contributed by atoms with Gasteiger partial charge in [0, 0.05) is 37.3 Å². The Morgan fingerprint density at radius 3 is 2.16 bits per heavy atom. The van der Waals surface area contributed by atoms with Gasteiger partial charge in [-0.15, -0.1) is 11.3 Å². The molecule has 1 aliphatic rings. The van der Waals surface area contributed by atoms with Gasteiger partial charge in [0.25, 0.3) is 11.8 Å². The molecule has 31 heavy (non-hydrogen) atoms. The minimum absolute atomic E-state index is 0.129. The summed E-state index contributed by atoms with van der Waals surface area (Å²) in [6.07, 6.45) is 0. The molecule has 0 atom stereocenters. The van der Waals surface area contributed by atoms with Crippen molar-refractivity contribution in [2.75, 3.05) is 44.3 Å². The maximum atomic E-state index is 12.8. The summed E-state index contributed by atoms with van der Waals surface area (Å²) >= 11 is 1.50. The van der Waals surface area contributed by atoms with Crippen LogP contribution in [0, 0.1) is 0 Å². The fourth-order valence-electron chi connectivity index (χ4n) is 3.45. The molecule has 2 heterocycles. The highest BCUT2D eigenvalue weighted by atomic mass is 32.1. The number of carbonyl (C=O) groups excluding carboxylic acids is 2. The normalized spacial score (nSPS) is 13.6. The lowest BCUT2D eigenvalue weighted by Crippen LogP contribution is -2.36. The molecule has 0 radical (unpaired) electrons. The predicted molar refractivity (Wildman–Crippen MR) is 124 cm³/mol. The second-order valence-corrected chi connectivity index (χ2v) is 8.20. The van der Waals surface area contributed by atoms with Crippen LogP contribution in [0.25, 0.3) is 11.1 Å². The summed E-state index contributed by atoms with van der Waals surface area (Å²) < 4.78 is 5.49. The monoisotopic (exact) mass is 435 g/mol. The molecule has 2 amide bonds. The summed E-state index contributed by atoms with van der Waals surface area (Å²) in [6, 6.07) is 21.1. The van der Waals surface area contributed by atoms with Crippen LogP contribution in [0.5, 0.6) is 0 Å². The fourth-order valence-corrected chi connectivity index (χ4v) is 4.60. The molecule has 4 rings (SSSR count). The Morgan fingerprint density at radius 2 is 1.48 bits per heavy atom. The molecule has 160 valence electrons. The maximum Gasteiger partial charge on any atom is 0.261 e. The van der Waals surface area contributed by atoms with Crippen molar-refractivity contribution in [3.8, 4) is 11.1 Å². The van der Waals surface area contributed by atoms with Crippen LogP contribution >= 0.6 is 11.3 Å². The first kappa shape index (κ1) is 21.1. The van der Waals surface area contributed by atoms with Gasteiger partial charge in [-0.3, -0.25) is 9.59 Å². The van der Waals surface area contributed by atoms with Gasteiger partial charge in [-0.05, 0) is 23.8 Å². The quantitative estimate of drug-likeness (QED) is 0.558. The molecule has 0 bridgehead atoms. The molecule has 1 aromatic heterocycles. The number of benzene rings is 2. The third-order valence-corrected chi connectivity index (χ3v) is 6.25. The molecule has 0 aliphatic carbocycles. The predicted octanol–water partition coefficient (Wildman–Crippen LogP) is 3.41. The topological polar surface area (TPSA) is 70.7 Å². The van der Waals surface area contributed by atoms with Gasteiger partial charge in [0.1, 0.15) is 0 Å². The average molecular weight is 436 g/mol. The molecule has 0 saturated carbocycles. The number of nitrogens with zero attached hydrogens (tertiary/aromatic N) is 1. The Bertz CT molecular complexity index is 1020. The maximum absolute atomic E-state index is 12.8. The van der Waals surface area contributed by atoms with Crippen molar-refractivity contribution in [2.45, 2.75) is 0 Å². The van der Waals surface area contributed by atoms with E-state index in [4.69, 9.17) is 4.74 Å². The van der Waals surface area contributed by atoms with E-state index in [1.54, 1.807) is 12.1 Å². The van der Waals surface area contributed by atoms with Crippen LogP contribution in [0.4, 0.5) is 5.00 Å². The summed E-state index contributed by atoms with van der Waals surface area (Å²) in [5.41, 5.74) is 2.76. The van der Waals surface area contributed by atoms with Crippen LogP contribution in [0.2, 0.25) is 0 Å². The number of rotatable bonds is 7. The SMILES string of the molecule is O=C(NCCNC(=O)c1cc(-c2ccccc2)c(N2CCOCC2)s1)c1ccccc1. The van der Waals surface area contributed by atoms with Gasteiger partial charge in [0.05, 0.1) is 23.1 Å². The first-order chi connectivity index (χ1) is 15.2. The van der Waals surface area contributed by atoms with Crippen molar-refractivity contribution in [1.82, 2.24) is 10.6 Å². The number of hydrogen-bond donors (Lipinski definition) is 2. The molecule has 3 aromatic rings. The van der Waals surface area contributed by atoms with Crippen LogP contribution in [-0.2, 0) is 4.74 Å². The number of anilines is 1. The van der Waals surface area contributed by atoms with Crippen LogP contribution < -0.4 is 15.5 Å². The van der Waals surface area contributed by atoms with Crippen molar-refractivity contribution >= 4 is 28.2 Å². The highest BCUT2D eigenvalue weighted by Crippen LogP contribution is 2.39. The fraction of sp³-hybridized carbons (Fsp3) is 0.250. The van der Waals surface area contributed by atoms with Gasteiger partial charge in [0.2, 0.25) is 0 Å². The van der Waals surface area contributed by atoms with Crippen LogP contribution in [0.1, 0.15) is 20.0 Å². The lowest BCUT2D eigenvalue weighted by atomic mass is 10.1. The highest BCUT2D eigenvalue weighted by Gasteiger charge is 2.21. The van der Waals surface area contributed by atoms with E-state index in [-0.39, 0.29) is 11.8 Å². The van der Waals surface area contributed by atoms with Crippen molar-refractivity contribution in [3.63, 3.8) is 0 Å². The minimum Gasteiger partial charge on any atom is -0.378 e. The molecule has 0 spiro atoms. The van der Waals surface area contributed by atoms with E-state index in [9.17, 15) is 9.59 Å². The van der Waals surface area contributed by atoms with E-state index in [0.717, 1.165) is 29.2 Å². The van der Waals surface area contributed by atoms with Crippen molar-refractivity contribution in [2.24, 2.45) is 0 Å². The molecule has 1 aliphatic heterocycles. The molecule has 7 heteroatoms. The third-order valence-electron chi connectivity index (χ3n) is 5.05. The summed E-state index contributed by atoms with van der Waals surface area (Å²) in [5, 5.41) is 6.84. The van der Waals surface area contributed by atoms with Crippen LogP contribution in [-0.4, -0.2) is 51.2 Å². The lowest BCUT2D eigenvalue weighted by Gasteiger charge is -2.28. The third kappa shape index (κ3) is 5.31. The molecule has 1 saturated heterocycles. The Morgan fingerprint density at radius 1 is 0.871 bits per heavy atom. The second-order valence-electron chi connectivity index (χ2n) is 7.17. The second kappa shape index (κ2) is 10.2. The Labute approximate surface area is 185 Å². The zero-order chi connectivity index (χ0) is 21.5. The summed E-state index contributed by atoms with van der Waals surface area (Å²) in [7, 11) is 0. The molecule has 0 unspecified atom stereocenters. The number of thiophene rings is 1. The number of hydrogen-bond acceptors (Lipinski definition) is 5. The number of nitrogens with one attached hydrogen (secondary N) is 2. The van der Waals surface area contributed by atoms with E-state index in [0.29, 0.717) is 36.7 Å². The molecular formula is C24H25N3O3S. The zero-order valence-electron chi connectivity index (χ0n) is 17.2. The van der Waals surface area contributed by atoms with E-state index in [2.05, 4.69) is 27.7 Å². The zero-order valence-corrected chi connectivity index (χ0v) is 18.0. The molecular weight excluding hydrogens is 410 g/mol. The Balaban J connectivity index is 1.40. The van der Waals surface area contributed by atoms with Crippen molar-refractivity contribution < 1.29 is 14.3 Å². The number of morpholine rings is 1. The molecule has 6 nitrogen and oxygen atoms in total. The van der Waals surface area contributed by atoms with Crippen LogP contribution in [0.3, 0.4) is 0 Å². The molecule has 2 N–H and O–H groups in total. The highest BCUT2D eigenvalue weighted by molar-refractivity contribution is 7.18. The van der Waals surface area contributed by atoms with Crippen LogP contribution in [0.15, 0.2) is 66.7 Å². The first-order valence-corrected chi connectivity index (χ1v) is 11.2. The molecule has 2 aromatic carbocycles. The number of carbonyl (C=O) groups is 2. The first-order valence-electron chi connectivity index (χ1n) is 10.4. The van der Waals surface area contributed by atoms with Crippen molar-refractivity contribution in [3.05, 3.63) is 77.2 Å². The van der Waals surface area contributed by atoms with Crippen molar-refractivity contribution in [1.29, 1.82) is 0 Å². The van der Waals surface area contributed by atoms with Gasteiger partial charge in [-0.2, -0.15) is 0 Å². The largest absolute Gasteiger partial charge is 0.378 e. The smallest absolute Gasteiger partial charge is 0.261 e. The van der Waals surface area contributed by atoms with Gasteiger partial charge < -0.3 is 20.3 Å². The van der Waals surface area contributed by atoms with Gasteiger partial charge >= 0.3 is 0 Å². The van der Waals surface area contributed by atoms with Gasteiger partial charge in [0.15, 0.2) is 0 Å². The van der Waals surface area contributed by atoms with E-state index < -0.39 is 0 Å². The number of amides is 2. The Kier molecular flexibility index (Phi) is 6.96. The van der Waals surface area contributed by atoms with Gasteiger partial charge in [-0.1, -0.05) is 48.5 Å². The van der Waals surface area contributed by atoms with E-state index in [1.807, 2.05) is 42.5 Å². The standard InChI is InChI=1S/C24H25N3O3S/c28-22(19-9-5-2-6-10-19)25-11-12-26-23(29)21-17-20(18-7-3-1-4-8-18)24(31-21)27-13-15-30-16-14-27/h1-10,17H,11-16H2,(H,25,28)(H,26,29). The van der Waals surface area contributed by atoms with E-state index in [1.165, 1.54) is 11.3 Å².